The fourth-order valence-electron chi connectivity index (χ4n) is 4.15. The van der Waals surface area contributed by atoms with Gasteiger partial charge < -0.3 is 29.0 Å². The lowest BCUT2D eigenvalue weighted by Crippen LogP contribution is -2.43. The number of nitrogens with one attached hydrogen (secondary N) is 1. The molecule has 1 N–H and O–H groups in total. The van der Waals surface area contributed by atoms with Gasteiger partial charge >= 0.3 is 5.97 Å². The van der Waals surface area contributed by atoms with Crippen molar-refractivity contribution in [1.29, 1.82) is 0 Å². The summed E-state index contributed by atoms with van der Waals surface area (Å²) in [4.78, 5) is 39.9. The normalized spacial score (nSPS) is 19.1. The second-order valence-corrected chi connectivity index (χ2v) is 7.47. The van der Waals surface area contributed by atoms with Gasteiger partial charge in [0.15, 0.2) is 11.5 Å². The third-order valence-electron chi connectivity index (χ3n) is 5.70. The van der Waals surface area contributed by atoms with Crippen LogP contribution in [-0.2, 0) is 14.3 Å². The molecular weight excluding hydrogens is 432 g/mol. The van der Waals surface area contributed by atoms with Crippen molar-refractivity contribution in [2.45, 2.75) is 25.1 Å². The van der Waals surface area contributed by atoms with Gasteiger partial charge in [0.1, 0.15) is 23.1 Å². The smallest absolute Gasteiger partial charge is 0.344 e. The molecule has 0 spiro atoms. The number of benzene rings is 2. The first-order valence-corrected chi connectivity index (χ1v) is 10.2. The molecule has 2 aliphatic rings. The Bertz CT molecular complexity index is 1090. The van der Waals surface area contributed by atoms with Crippen LogP contribution in [0.3, 0.4) is 0 Å². The quantitative estimate of drug-likeness (QED) is 0.633. The van der Waals surface area contributed by atoms with Crippen LogP contribution in [-0.4, -0.2) is 57.2 Å². The molecule has 0 aliphatic carbocycles. The summed E-state index contributed by atoms with van der Waals surface area (Å²) in [6.07, 6.45) is -0.614. The van der Waals surface area contributed by atoms with E-state index < -0.39 is 24.1 Å². The molecule has 2 aromatic carbocycles. The molecule has 1 saturated heterocycles. The number of methoxy groups -OCH3 is 4. The van der Waals surface area contributed by atoms with Crippen LogP contribution in [0.4, 0.5) is 5.69 Å². The van der Waals surface area contributed by atoms with Gasteiger partial charge in [-0.05, 0) is 18.6 Å². The molecule has 1 fully saturated rings. The summed E-state index contributed by atoms with van der Waals surface area (Å²) in [7, 11) is 5.89. The number of ether oxygens (including phenoxy) is 5. The SMILES string of the molecule is COc1cc(NC(=O)[C@@H]2CCC(=O)N2C2OC(=O)c3c2ccc(OC)c3OC)cc(OC)c1. The van der Waals surface area contributed by atoms with Crippen LogP contribution >= 0.6 is 0 Å². The maximum atomic E-state index is 13.2. The molecule has 2 amide bonds. The Morgan fingerprint density at radius 3 is 2.30 bits per heavy atom. The first-order chi connectivity index (χ1) is 15.9. The van der Waals surface area contributed by atoms with Crippen LogP contribution in [0.15, 0.2) is 30.3 Å². The average molecular weight is 456 g/mol. The molecule has 0 bridgehead atoms. The number of fused-ring (bicyclic) bond motifs is 1. The first-order valence-electron chi connectivity index (χ1n) is 10.2. The molecular formula is C23H24N2O8. The van der Waals surface area contributed by atoms with Gasteiger partial charge in [-0.1, -0.05) is 0 Å². The number of esters is 1. The first kappa shape index (κ1) is 22.3. The molecule has 33 heavy (non-hydrogen) atoms. The minimum absolute atomic E-state index is 0.149. The fourth-order valence-corrected chi connectivity index (χ4v) is 4.15. The third kappa shape index (κ3) is 3.88. The maximum absolute atomic E-state index is 13.2. The second kappa shape index (κ2) is 8.89. The van der Waals surface area contributed by atoms with Gasteiger partial charge in [-0.15, -0.1) is 0 Å². The van der Waals surface area contributed by atoms with E-state index in [0.717, 1.165) is 0 Å². The Morgan fingerprint density at radius 2 is 1.70 bits per heavy atom. The van der Waals surface area contributed by atoms with Crippen molar-refractivity contribution in [3.05, 3.63) is 41.5 Å². The number of anilines is 1. The summed E-state index contributed by atoms with van der Waals surface area (Å²) >= 11 is 0. The van der Waals surface area contributed by atoms with Crippen LogP contribution in [0.5, 0.6) is 23.0 Å². The second-order valence-electron chi connectivity index (χ2n) is 7.47. The van der Waals surface area contributed by atoms with E-state index in [1.54, 1.807) is 30.3 Å². The molecule has 4 rings (SSSR count). The molecule has 2 aliphatic heterocycles. The zero-order chi connectivity index (χ0) is 23.7. The molecule has 2 heterocycles. The van der Waals surface area contributed by atoms with Crippen LogP contribution in [0.1, 0.15) is 35.0 Å². The zero-order valence-electron chi connectivity index (χ0n) is 18.7. The molecule has 2 atom stereocenters. The summed E-state index contributed by atoms with van der Waals surface area (Å²) in [5.74, 6) is 0.232. The standard InChI is InChI=1S/C23H24N2O8/c1-29-13-9-12(10-14(11-13)30-2)24-21(27)16-6-8-18(26)25(16)22-15-5-7-17(31-3)20(32-4)19(15)23(28)33-22/h5,7,9-11,16,22H,6,8H2,1-4H3,(H,24,27)/t16-,22?/m0/s1. The predicted octanol–water partition coefficient (Wildman–Crippen LogP) is 2.52. The summed E-state index contributed by atoms with van der Waals surface area (Å²) in [6, 6.07) is 7.39. The molecule has 1 unspecified atom stereocenters. The minimum atomic E-state index is -1.04. The number of carbonyl (C=O) groups is 3. The van der Waals surface area contributed by atoms with E-state index in [0.29, 0.717) is 28.5 Å². The molecule has 10 nitrogen and oxygen atoms in total. The van der Waals surface area contributed by atoms with Crippen molar-refractivity contribution in [2.75, 3.05) is 33.8 Å². The van der Waals surface area contributed by atoms with Gasteiger partial charge in [0.05, 0.1) is 28.4 Å². The highest BCUT2D eigenvalue weighted by Gasteiger charge is 2.47. The van der Waals surface area contributed by atoms with Crippen molar-refractivity contribution in [3.63, 3.8) is 0 Å². The summed E-state index contributed by atoms with van der Waals surface area (Å²) < 4.78 is 26.6. The van der Waals surface area contributed by atoms with Gasteiger partial charge in [-0.25, -0.2) is 4.79 Å². The number of cyclic esters (lactones) is 1. The van der Waals surface area contributed by atoms with E-state index in [2.05, 4.69) is 5.32 Å². The largest absolute Gasteiger partial charge is 0.497 e. The van der Waals surface area contributed by atoms with Gasteiger partial charge in [0.25, 0.3) is 0 Å². The number of likely N-dealkylation sites (tertiary alicyclic amines) is 1. The summed E-state index contributed by atoms with van der Waals surface area (Å²) in [6.45, 7) is 0. The zero-order valence-corrected chi connectivity index (χ0v) is 18.7. The topological polar surface area (TPSA) is 113 Å². The summed E-state index contributed by atoms with van der Waals surface area (Å²) in [5.41, 5.74) is 1.07. The lowest BCUT2D eigenvalue weighted by molar-refractivity contribution is -0.144. The van der Waals surface area contributed by atoms with Crippen LogP contribution in [0, 0.1) is 0 Å². The minimum Gasteiger partial charge on any atom is -0.497 e. The third-order valence-corrected chi connectivity index (χ3v) is 5.70. The van der Waals surface area contributed by atoms with E-state index in [9.17, 15) is 14.4 Å². The Hall–Kier alpha value is -3.95. The van der Waals surface area contributed by atoms with Gasteiger partial charge in [0.2, 0.25) is 18.0 Å². The average Bonchev–Trinajstić information content (AvgIpc) is 3.37. The highest BCUT2D eigenvalue weighted by atomic mass is 16.6. The van der Waals surface area contributed by atoms with E-state index in [1.165, 1.54) is 33.3 Å². The molecule has 0 aromatic heterocycles. The Kier molecular flexibility index (Phi) is 5.99. The highest BCUT2D eigenvalue weighted by molar-refractivity contribution is 6.01. The van der Waals surface area contributed by atoms with Gasteiger partial charge in [-0.3, -0.25) is 14.5 Å². The number of hydrogen-bond donors (Lipinski definition) is 1. The molecule has 174 valence electrons. The lowest BCUT2D eigenvalue weighted by atomic mass is 10.1. The van der Waals surface area contributed by atoms with Crippen LogP contribution in [0.25, 0.3) is 0 Å². The van der Waals surface area contributed by atoms with E-state index in [1.807, 2.05) is 0 Å². The lowest BCUT2D eigenvalue weighted by Gasteiger charge is -2.29. The number of carbonyl (C=O) groups excluding carboxylic acids is 3. The number of amides is 2. The van der Waals surface area contributed by atoms with Crippen LogP contribution in [0.2, 0.25) is 0 Å². The van der Waals surface area contributed by atoms with Crippen molar-refractivity contribution < 1.29 is 38.1 Å². The molecule has 0 saturated carbocycles. The van der Waals surface area contributed by atoms with Crippen molar-refractivity contribution in [2.24, 2.45) is 0 Å². The van der Waals surface area contributed by atoms with Gasteiger partial charge in [0, 0.05) is 35.9 Å². The van der Waals surface area contributed by atoms with Crippen molar-refractivity contribution in [3.8, 4) is 23.0 Å². The highest BCUT2D eigenvalue weighted by Crippen LogP contribution is 2.45. The van der Waals surface area contributed by atoms with Crippen molar-refractivity contribution >= 4 is 23.5 Å². The molecule has 0 radical (unpaired) electrons. The molecule has 2 aromatic rings. The van der Waals surface area contributed by atoms with E-state index >= 15 is 0 Å². The fraction of sp³-hybridized carbons (Fsp3) is 0.348. The van der Waals surface area contributed by atoms with Crippen molar-refractivity contribution in [1.82, 2.24) is 4.90 Å². The van der Waals surface area contributed by atoms with Crippen LogP contribution < -0.4 is 24.3 Å². The van der Waals surface area contributed by atoms with E-state index in [4.69, 9.17) is 23.7 Å². The Labute approximate surface area is 190 Å². The maximum Gasteiger partial charge on any atom is 0.344 e. The number of hydrogen-bond acceptors (Lipinski definition) is 8. The predicted molar refractivity (Wildman–Crippen MR) is 116 cm³/mol. The Morgan fingerprint density at radius 1 is 1.00 bits per heavy atom. The Balaban J connectivity index is 1.64. The monoisotopic (exact) mass is 456 g/mol. The molecule has 10 heteroatoms. The number of nitrogens with zero attached hydrogens (tertiary/aromatic N) is 1. The van der Waals surface area contributed by atoms with E-state index in [-0.39, 0.29) is 30.1 Å². The van der Waals surface area contributed by atoms with Gasteiger partial charge in [-0.2, -0.15) is 0 Å². The summed E-state index contributed by atoms with van der Waals surface area (Å²) in [5, 5.41) is 2.81. The number of rotatable bonds is 7.